The Morgan fingerprint density at radius 1 is 1.36 bits per heavy atom. The molecule has 7 heteroatoms. The normalized spacial score (nSPS) is 15.7. The Bertz CT molecular complexity index is 690. The summed E-state index contributed by atoms with van der Waals surface area (Å²) in [5, 5.41) is 12.6. The van der Waals surface area contributed by atoms with E-state index in [1.54, 1.807) is 30.1 Å². The first kappa shape index (κ1) is 18.6. The number of carbonyl (C=O) groups excluding carboxylic acids is 2. The van der Waals surface area contributed by atoms with Crippen LogP contribution in [0.2, 0.25) is 0 Å². The third kappa shape index (κ3) is 4.02. The summed E-state index contributed by atoms with van der Waals surface area (Å²) < 4.78 is 5.24. The van der Waals surface area contributed by atoms with Crippen molar-refractivity contribution < 1.29 is 14.3 Å². The number of methoxy groups -OCH3 is 1. The molecule has 7 nitrogen and oxygen atoms in total. The first-order valence-corrected chi connectivity index (χ1v) is 8.33. The number of nitrogens with zero attached hydrogens (tertiary/aromatic N) is 2. The van der Waals surface area contributed by atoms with E-state index in [-0.39, 0.29) is 12.5 Å². The lowest BCUT2D eigenvalue weighted by molar-refractivity contribution is -0.132. The number of hydrogen-bond acceptors (Lipinski definition) is 5. The monoisotopic (exact) mass is 344 g/mol. The Morgan fingerprint density at radius 2 is 2.04 bits per heavy atom. The number of nitriles is 1. The van der Waals surface area contributed by atoms with Crippen molar-refractivity contribution in [3.63, 3.8) is 0 Å². The number of amides is 2. The number of benzene rings is 1. The molecule has 0 aromatic heterocycles. The molecule has 0 heterocycles. The molecule has 0 aliphatic heterocycles. The number of primary amides is 1. The van der Waals surface area contributed by atoms with E-state index in [1.807, 2.05) is 0 Å². The lowest BCUT2D eigenvalue weighted by atomic mass is 9.81. The molecule has 1 saturated carbocycles. The van der Waals surface area contributed by atoms with Crippen LogP contribution < -0.4 is 15.8 Å². The third-order valence-electron chi connectivity index (χ3n) is 4.82. The molecule has 0 spiro atoms. The lowest BCUT2D eigenvalue weighted by Gasteiger charge is -2.39. The number of ether oxygens (including phenoxy) is 1. The highest BCUT2D eigenvalue weighted by Gasteiger charge is 2.38. The summed E-state index contributed by atoms with van der Waals surface area (Å²) in [7, 11) is 3.18. The molecule has 1 aliphatic rings. The lowest BCUT2D eigenvalue weighted by Crippen LogP contribution is -2.51. The van der Waals surface area contributed by atoms with Crippen LogP contribution in [0.15, 0.2) is 18.2 Å². The Hall–Kier alpha value is -2.75. The maximum absolute atomic E-state index is 12.6. The summed E-state index contributed by atoms with van der Waals surface area (Å²) in [6, 6.07) is 7.07. The summed E-state index contributed by atoms with van der Waals surface area (Å²) in [5.74, 6) is -0.233. The van der Waals surface area contributed by atoms with Crippen molar-refractivity contribution in [3.8, 4) is 11.8 Å². The molecule has 25 heavy (non-hydrogen) atoms. The molecule has 0 atom stereocenters. The quantitative estimate of drug-likeness (QED) is 0.819. The predicted molar refractivity (Wildman–Crippen MR) is 94.2 cm³/mol. The number of nitrogens with one attached hydrogen (secondary N) is 1. The minimum atomic E-state index is -0.726. The van der Waals surface area contributed by atoms with Gasteiger partial charge in [-0.2, -0.15) is 5.26 Å². The minimum Gasteiger partial charge on any atom is -0.495 e. The Balaban J connectivity index is 2.10. The molecule has 1 aliphatic carbocycles. The largest absolute Gasteiger partial charge is 0.495 e. The van der Waals surface area contributed by atoms with Gasteiger partial charge in [0.25, 0.3) is 0 Å². The van der Waals surface area contributed by atoms with Crippen LogP contribution in [0.3, 0.4) is 0 Å². The van der Waals surface area contributed by atoms with Crippen LogP contribution in [-0.2, 0) is 4.79 Å². The van der Waals surface area contributed by atoms with Crippen molar-refractivity contribution in [2.75, 3.05) is 26.0 Å². The van der Waals surface area contributed by atoms with Crippen LogP contribution >= 0.6 is 0 Å². The van der Waals surface area contributed by atoms with Gasteiger partial charge in [-0.3, -0.25) is 9.59 Å². The van der Waals surface area contributed by atoms with E-state index in [2.05, 4.69) is 11.4 Å². The zero-order valence-electron chi connectivity index (χ0n) is 14.7. The average Bonchev–Trinajstić information content (AvgIpc) is 2.65. The number of carbonyl (C=O) groups is 2. The molecular formula is C18H24N4O3. The predicted octanol–water partition coefficient (Wildman–Crippen LogP) is 1.89. The van der Waals surface area contributed by atoms with Crippen molar-refractivity contribution in [2.24, 2.45) is 5.73 Å². The summed E-state index contributed by atoms with van der Waals surface area (Å²) in [6.45, 7) is -0.00148. The van der Waals surface area contributed by atoms with Gasteiger partial charge in [-0.1, -0.05) is 19.3 Å². The van der Waals surface area contributed by atoms with Crippen LogP contribution in [0, 0.1) is 11.3 Å². The van der Waals surface area contributed by atoms with Gasteiger partial charge < -0.3 is 20.7 Å². The molecule has 2 amide bonds. The van der Waals surface area contributed by atoms with Gasteiger partial charge in [0.2, 0.25) is 11.8 Å². The zero-order valence-corrected chi connectivity index (χ0v) is 14.7. The molecule has 3 N–H and O–H groups in total. The second-order valence-electron chi connectivity index (χ2n) is 6.29. The molecule has 0 saturated heterocycles. The van der Waals surface area contributed by atoms with Gasteiger partial charge in [-0.25, -0.2) is 0 Å². The third-order valence-corrected chi connectivity index (χ3v) is 4.82. The van der Waals surface area contributed by atoms with E-state index in [0.29, 0.717) is 29.8 Å². The van der Waals surface area contributed by atoms with Gasteiger partial charge in [-0.05, 0) is 31.0 Å². The number of nitrogens with two attached hydrogens (primary N) is 1. The molecule has 2 rings (SSSR count). The van der Waals surface area contributed by atoms with Crippen LogP contribution in [-0.4, -0.2) is 43.0 Å². The molecular weight excluding hydrogens is 320 g/mol. The van der Waals surface area contributed by atoms with Crippen LogP contribution in [0.25, 0.3) is 0 Å². The first-order chi connectivity index (χ1) is 11.9. The molecule has 1 fully saturated rings. The first-order valence-electron chi connectivity index (χ1n) is 8.33. The van der Waals surface area contributed by atoms with E-state index >= 15 is 0 Å². The summed E-state index contributed by atoms with van der Waals surface area (Å²) >= 11 is 0. The van der Waals surface area contributed by atoms with E-state index in [1.165, 1.54) is 7.11 Å². The maximum atomic E-state index is 12.6. The van der Waals surface area contributed by atoms with Gasteiger partial charge in [0, 0.05) is 12.6 Å². The molecule has 1 aromatic rings. The van der Waals surface area contributed by atoms with E-state index < -0.39 is 11.4 Å². The number of likely N-dealkylation sites (N-methyl/N-ethyl adjacent to an activating group) is 1. The van der Waals surface area contributed by atoms with Gasteiger partial charge in [0.05, 0.1) is 25.4 Å². The van der Waals surface area contributed by atoms with E-state index in [9.17, 15) is 14.9 Å². The van der Waals surface area contributed by atoms with Crippen molar-refractivity contribution in [3.05, 3.63) is 23.8 Å². The molecule has 134 valence electrons. The SMILES string of the molecule is COc1ccc(C(N)=O)cc1NCC(=O)N(C)C1(C#N)CCCCC1. The minimum absolute atomic E-state index is 0.00148. The van der Waals surface area contributed by atoms with Gasteiger partial charge in [0.15, 0.2) is 0 Å². The van der Waals surface area contributed by atoms with E-state index in [0.717, 1.165) is 19.3 Å². The van der Waals surface area contributed by atoms with Crippen LogP contribution in [0.5, 0.6) is 5.75 Å². The molecule has 1 aromatic carbocycles. The van der Waals surface area contributed by atoms with Crippen molar-refractivity contribution >= 4 is 17.5 Å². The van der Waals surface area contributed by atoms with Gasteiger partial charge >= 0.3 is 0 Å². The van der Waals surface area contributed by atoms with Crippen LogP contribution in [0.1, 0.15) is 42.5 Å². The number of anilines is 1. The summed E-state index contributed by atoms with van der Waals surface area (Å²) in [4.78, 5) is 25.5. The van der Waals surface area contributed by atoms with Crippen molar-refractivity contribution in [1.29, 1.82) is 5.26 Å². The van der Waals surface area contributed by atoms with E-state index in [4.69, 9.17) is 10.5 Å². The Morgan fingerprint density at radius 3 is 2.60 bits per heavy atom. The number of hydrogen-bond donors (Lipinski definition) is 2. The summed E-state index contributed by atoms with van der Waals surface area (Å²) in [5.41, 5.74) is 5.40. The highest BCUT2D eigenvalue weighted by molar-refractivity contribution is 5.94. The van der Waals surface area contributed by atoms with Gasteiger partial charge in [0.1, 0.15) is 11.3 Å². The van der Waals surface area contributed by atoms with Crippen molar-refractivity contribution in [2.45, 2.75) is 37.6 Å². The fourth-order valence-corrected chi connectivity index (χ4v) is 3.19. The Kier molecular flexibility index (Phi) is 5.86. The van der Waals surface area contributed by atoms with Crippen LogP contribution in [0.4, 0.5) is 5.69 Å². The molecule has 0 bridgehead atoms. The molecule has 0 unspecified atom stereocenters. The fourth-order valence-electron chi connectivity index (χ4n) is 3.19. The maximum Gasteiger partial charge on any atom is 0.248 e. The average molecular weight is 344 g/mol. The number of rotatable bonds is 6. The zero-order chi connectivity index (χ0) is 18.4. The van der Waals surface area contributed by atoms with Gasteiger partial charge in [-0.15, -0.1) is 0 Å². The fraction of sp³-hybridized carbons (Fsp3) is 0.500. The molecule has 0 radical (unpaired) electrons. The standard InChI is InChI=1S/C18H24N4O3/c1-22(18(12-19)8-4-3-5-9-18)16(23)11-21-14-10-13(17(20)24)6-7-15(14)25-2/h6-7,10,21H,3-5,8-9,11H2,1-2H3,(H2,20,24). The highest BCUT2D eigenvalue weighted by Crippen LogP contribution is 2.32. The summed E-state index contributed by atoms with van der Waals surface area (Å²) in [6.07, 6.45) is 4.40. The second kappa shape index (κ2) is 7.88. The second-order valence-corrected chi connectivity index (χ2v) is 6.29. The topological polar surface area (TPSA) is 108 Å². The van der Waals surface area contributed by atoms with Crippen molar-refractivity contribution in [1.82, 2.24) is 4.90 Å². The highest BCUT2D eigenvalue weighted by atomic mass is 16.5. The Labute approximate surface area is 147 Å². The smallest absolute Gasteiger partial charge is 0.248 e.